The molecule has 4 heteroatoms. The summed E-state index contributed by atoms with van der Waals surface area (Å²) in [5.74, 6) is -0.484. The summed E-state index contributed by atoms with van der Waals surface area (Å²) in [6.07, 6.45) is 29.8. The Morgan fingerprint density at radius 2 is 0.894 bits per heavy atom. The summed E-state index contributed by atoms with van der Waals surface area (Å²) >= 11 is 0. The van der Waals surface area contributed by atoms with E-state index >= 15 is 0 Å². The maximum atomic E-state index is 12.2. The van der Waals surface area contributed by atoms with E-state index in [1.807, 2.05) is 60.7 Å². The number of aryl methyl sites for hydroxylation is 2. The van der Waals surface area contributed by atoms with E-state index in [2.05, 4.69) is 24.3 Å². The minimum atomic E-state index is -0.263. The highest BCUT2D eigenvalue weighted by molar-refractivity contribution is 6.28. The van der Waals surface area contributed by atoms with Gasteiger partial charge in [-0.1, -0.05) is 163 Å². The molecule has 248 valence electrons. The van der Waals surface area contributed by atoms with Crippen LogP contribution in [-0.4, -0.2) is 17.6 Å². The number of allylic oxidation sites excluding steroid dienone is 1. The summed E-state index contributed by atoms with van der Waals surface area (Å²) in [6.45, 7) is 0. The van der Waals surface area contributed by atoms with Crippen LogP contribution >= 0.6 is 0 Å². The van der Waals surface area contributed by atoms with E-state index < -0.39 is 0 Å². The molecule has 1 aliphatic heterocycles. The number of imide groups is 1. The van der Waals surface area contributed by atoms with Crippen LogP contribution in [0.3, 0.4) is 0 Å². The molecule has 0 unspecified atom stereocenters. The predicted octanol–water partition coefficient (Wildman–Crippen LogP) is 11.0. The lowest BCUT2D eigenvalue weighted by molar-refractivity contribution is -0.119. The first kappa shape index (κ1) is 35.8. The molecule has 0 fully saturated rings. The van der Waals surface area contributed by atoms with Gasteiger partial charge in [-0.3, -0.25) is 14.4 Å². The molecular formula is C43H53NO3. The quantitative estimate of drug-likeness (QED) is 0.0453. The van der Waals surface area contributed by atoms with Crippen molar-refractivity contribution in [2.24, 2.45) is 0 Å². The first-order valence-electron chi connectivity index (χ1n) is 18.1. The average molecular weight is 632 g/mol. The highest BCUT2D eigenvalue weighted by Crippen LogP contribution is 2.21. The molecule has 2 amide bonds. The van der Waals surface area contributed by atoms with E-state index in [1.54, 1.807) is 6.08 Å². The van der Waals surface area contributed by atoms with Gasteiger partial charge in [-0.2, -0.15) is 0 Å². The van der Waals surface area contributed by atoms with Gasteiger partial charge in [0.15, 0.2) is 5.78 Å². The molecule has 1 heterocycles. The van der Waals surface area contributed by atoms with E-state index in [0.717, 1.165) is 24.0 Å². The third-order valence-corrected chi connectivity index (χ3v) is 9.15. The zero-order valence-electron chi connectivity index (χ0n) is 28.2. The van der Waals surface area contributed by atoms with Crippen molar-refractivity contribution in [2.45, 2.75) is 116 Å². The molecule has 0 radical (unpaired) electrons. The number of rotatable bonds is 23. The Labute approximate surface area is 283 Å². The molecule has 0 spiro atoms. The smallest absolute Gasteiger partial charge is 0.258 e. The number of nitrogens with zero attached hydrogens (tertiary/aromatic N) is 1. The topological polar surface area (TPSA) is 54.5 Å². The standard InChI is InChI=1S/C43H53NO3/c45-41(39-22-18-15-19-23-39)33-30-38-26-24-36(25-27-38)20-16-13-11-9-7-5-3-1-2-4-6-8-10-12-14-17-21-37-28-31-40(32-29-37)44-42(46)34-35-43(44)47/h15,18-19,22-35H,1-14,16-17,20-21H2. The van der Waals surface area contributed by atoms with Gasteiger partial charge in [-0.05, 0) is 60.6 Å². The maximum absolute atomic E-state index is 12.2. The van der Waals surface area contributed by atoms with E-state index in [0.29, 0.717) is 5.69 Å². The first-order chi connectivity index (χ1) is 23.1. The zero-order valence-corrected chi connectivity index (χ0v) is 28.2. The van der Waals surface area contributed by atoms with Gasteiger partial charge >= 0.3 is 0 Å². The van der Waals surface area contributed by atoms with E-state index in [9.17, 15) is 14.4 Å². The zero-order chi connectivity index (χ0) is 32.9. The van der Waals surface area contributed by atoms with Gasteiger partial charge in [-0.25, -0.2) is 4.90 Å². The number of ketones is 1. The van der Waals surface area contributed by atoms with E-state index in [1.165, 1.54) is 131 Å². The third-order valence-electron chi connectivity index (χ3n) is 9.15. The Hall–Kier alpha value is -4.05. The fourth-order valence-corrected chi connectivity index (χ4v) is 6.27. The number of carbonyl (C=O) groups excluding carboxylic acids is 3. The monoisotopic (exact) mass is 631 g/mol. The molecule has 0 aliphatic carbocycles. The third kappa shape index (κ3) is 13.3. The Balaban J connectivity index is 0.888. The Morgan fingerprint density at radius 1 is 0.489 bits per heavy atom. The van der Waals surface area contributed by atoms with Gasteiger partial charge in [0.05, 0.1) is 5.69 Å². The van der Waals surface area contributed by atoms with Gasteiger partial charge in [0.25, 0.3) is 11.8 Å². The number of benzene rings is 3. The second-order valence-electron chi connectivity index (χ2n) is 13.0. The molecule has 0 N–H and O–H groups in total. The lowest BCUT2D eigenvalue weighted by Crippen LogP contribution is -2.29. The predicted molar refractivity (Wildman–Crippen MR) is 196 cm³/mol. The van der Waals surface area contributed by atoms with Crippen molar-refractivity contribution < 1.29 is 14.4 Å². The number of unbranched alkanes of at least 4 members (excludes halogenated alkanes) is 15. The Bertz CT molecular complexity index is 1400. The summed E-state index contributed by atoms with van der Waals surface area (Å²) in [4.78, 5) is 37.1. The molecule has 0 atom stereocenters. The maximum Gasteiger partial charge on any atom is 0.258 e. The van der Waals surface area contributed by atoms with Gasteiger partial charge in [-0.15, -0.1) is 0 Å². The highest BCUT2D eigenvalue weighted by Gasteiger charge is 2.24. The van der Waals surface area contributed by atoms with E-state index in [4.69, 9.17) is 0 Å². The number of amides is 2. The second kappa shape index (κ2) is 20.9. The molecule has 3 aromatic rings. The summed E-state index contributed by atoms with van der Waals surface area (Å²) in [5.41, 5.74) is 5.09. The van der Waals surface area contributed by atoms with Crippen LogP contribution in [0.4, 0.5) is 5.69 Å². The van der Waals surface area contributed by atoms with Crippen molar-refractivity contribution in [3.63, 3.8) is 0 Å². The van der Waals surface area contributed by atoms with Gasteiger partial charge in [0, 0.05) is 17.7 Å². The summed E-state index contributed by atoms with van der Waals surface area (Å²) in [7, 11) is 0. The van der Waals surface area contributed by atoms with Crippen molar-refractivity contribution in [3.8, 4) is 0 Å². The SMILES string of the molecule is O=C(C=Cc1ccc(CCCCCCCCCCCCCCCCCCc2ccc(N3C(=O)C=CC3=O)cc2)cc1)c1ccccc1. The van der Waals surface area contributed by atoms with Gasteiger partial charge in [0.1, 0.15) is 0 Å². The number of carbonyl (C=O) groups is 3. The number of hydrogen-bond donors (Lipinski definition) is 0. The fraction of sp³-hybridized carbons (Fsp3) is 0.419. The van der Waals surface area contributed by atoms with Crippen molar-refractivity contribution >= 4 is 29.4 Å². The molecule has 1 aliphatic rings. The molecule has 0 bridgehead atoms. The second-order valence-corrected chi connectivity index (χ2v) is 13.0. The minimum absolute atomic E-state index is 0.0412. The molecule has 0 saturated carbocycles. The van der Waals surface area contributed by atoms with Crippen LogP contribution < -0.4 is 4.90 Å². The van der Waals surface area contributed by atoms with Crippen LogP contribution in [0, 0.1) is 0 Å². The highest BCUT2D eigenvalue weighted by atomic mass is 16.2. The Morgan fingerprint density at radius 3 is 1.34 bits per heavy atom. The molecule has 3 aromatic carbocycles. The summed E-state index contributed by atoms with van der Waals surface area (Å²) in [5, 5.41) is 0. The molecule has 47 heavy (non-hydrogen) atoms. The fourth-order valence-electron chi connectivity index (χ4n) is 6.27. The minimum Gasteiger partial charge on any atom is -0.289 e. The van der Waals surface area contributed by atoms with Crippen molar-refractivity contribution in [3.05, 3.63) is 119 Å². The molecular weight excluding hydrogens is 578 g/mol. The van der Waals surface area contributed by atoms with Crippen LogP contribution in [-0.2, 0) is 22.4 Å². The molecule has 0 saturated heterocycles. The van der Waals surface area contributed by atoms with Crippen LogP contribution in [0.1, 0.15) is 130 Å². The van der Waals surface area contributed by atoms with Crippen LogP contribution in [0.5, 0.6) is 0 Å². The number of hydrogen-bond acceptors (Lipinski definition) is 3. The van der Waals surface area contributed by atoms with Crippen LogP contribution in [0.15, 0.2) is 97.1 Å². The van der Waals surface area contributed by atoms with E-state index in [-0.39, 0.29) is 17.6 Å². The van der Waals surface area contributed by atoms with Crippen LogP contribution in [0.25, 0.3) is 6.08 Å². The molecule has 0 aromatic heterocycles. The first-order valence-corrected chi connectivity index (χ1v) is 18.1. The largest absolute Gasteiger partial charge is 0.289 e. The van der Waals surface area contributed by atoms with Crippen molar-refractivity contribution in [1.29, 1.82) is 0 Å². The van der Waals surface area contributed by atoms with Gasteiger partial charge in [0.2, 0.25) is 0 Å². The molecule has 4 nitrogen and oxygen atoms in total. The van der Waals surface area contributed by atoms with Crippen LogP contribution in [0.2, 0.25) is 0 Å². The summed E-state index contributed by atoms with van der Waals surface area (Å²) in [6, 6.07) is 25.8. The summed E-state index contributed by atoms with van der Waals surface area (Å²) < 4.78 is 0. The van der Waals surface area contributed by atoms with Crippen molar-refractivity contribution in [2.75, 3.05) is 4.90 Å². The normalized spacial score (nSPS) is 12.9. The average Bonchev–Trinajstić information content (AvgIpc) is 3.44. The lowest BCUT2D eigenvalue weighted by Gasteiger charge is -2.14. The lowest BCUT2D eigenvalue weighted by atomic mass is 10.0. The molecule has 4 rings (SSSR count). The Kier molecular flexibility index (Phi) is 16.0. The number of anilines is 1. The van der Waals surface area contributed by atoms with Gasteiger partial charge < -0.3 is 0 Å². The van der Waals surface area contributed by atoms with Crippen molar-refractivity contribution in [1.82, 2.24) is 0 Å².